The molecule has 3 aliphatic carbocycles. The Hall–Kier alpha value is -2.91. The molecule has 37 heavy (non-hydrogen) atoms. The molecule has 2 unspecified atom stereocenters. The summed E-state index contributed by atoms with van der Waals surface area (Å²) in [7, 11) is 0. The second kappa shape index (κ2) is 9.76. The topological polar surface area (TPSA) is 63.3 Å². The van der Waals surface area contributed by atoms with Gasteiger partial charge in [-0.15, -0.1) is 0 Å². The zero-order valence-electron chi connectivity index (χ0n) is 21.9. The fraction of sp³-hybridized carbons (Fsp3) is 0.441. The number of amides is 1. The molecular formula is C34H39NO2. The standard InChI is InChI=1S/C34H39NO2/c1-34-17-16-29-28-14-12-23(11-10-22-6-3-2-4-7-22)18-25(28)13-15-30(29)31(34)21-27(32(34)36)20-24-8-5-9-26(19-24)33(35)37/h2-9,12,14,18-19,27,29-32,36H,10-11,13,15-17,20-21H2,1H3,(H2,35,37)/t27-,29+,30?,31-,32?,34-/m0/s1. The normalized spacial score (nSPS) is 30.3. The summed E-state index contributed by atoms with van der Waals surface area (Å²) in [4.78, 5) is 11.7. The Morgan fingerprint density at radius 1 is 0.946 bits per heavy atom. The van der Waals surface area contributed by atoms with Gasteiger partial charge in [-0.05, 0) is 120 Å². The molecule has 0 saturated heterocycles. The Bertz CT molecular complexity index is 1280. The number of aryl methyl sites for hydroxylation is 3. The van der Waals surface area contributed by atoms with Crippen LogP contribution in [0.25, 0.3) is 0 Å². The lowest BCUT2D eigenvalue weighted by atomic mass is 9.55. The van der Waals surface area contributed by atoms with E-state index in [4.69, 9.17) is 5.73 Å². The van der Waals surface area contributed by atoms with Crippen molar-refractivity contribution < 1.29 is 9.90 Å². The molecule has 3 nitrogen and oxygen atoms in total. The van der Waals surface area contributed by atoms with E-state index in [-0.39, 0.29) is 23.3 Å². The summed E-state index contributed by atoms with van der Waals surface area (Å²) in [6.07, 6.45) is 8.43. The quantitative estimate of drug-likeness (QED) is 0.426. The number of carbonyl (C=O) groups is 1. The second-order valence-corrected chi connectivity index (χ2v) is 12.2. The number of aliphatic hydroxyl groups is 1. The summed E-state index contributed by atoms with van der Waals surface area (Å²) in [5.41, 5.74) is 13.2. The van der Waals surface area contributed by atoms with Crippen LogP contribution < -0.4 is 5.73 Å². The third-order valence-electron chi connectivity index (χ3n) is 10.2. The molecule has 3 aromatic rings. The Morgan fingerprint density at radius 2 is 1.73 bits per heavy atom. The molecule has 3 aliphatic rings. The van der Waals surface area contributed by atoms with Crippen molar-refractivity contribution in [3.8, 4) is 0 Å². The number of hydrogen-bond donors (Lipinski definition) is 2. The van der Waals surface area contributed by atoms with Crippen molar-refractivity contribution in [2.45, 2.75) is 70.3 Å². The molecule has 6 atom stereocenters. The number of benzene rings is 3. The summed E-state index contributed by atoms with van der Waals surface area (Å²) >= 11 is 0. The molecule has 2 saturated carbocycles. The minimum absolute atomic E-state index is 0.0136. The van der Waals surface area contributed by atoms with Gasteiger partial charge in [0.25, 0.3) is 0 Å². The van der Waals surface area contributed by atoms with Gasteiger partial charge in [-0.3, -0.25) is 4.79 Å². The highest BCUT2D eigenvalue weighted by molar-refractivity contribution is 5.92. The number of carbonyl (C=O) groups excluding carboxylic acids is 1. The largest absolute Gasteiger partial charge is 0.392 e. The van der Waals surface area contributed by atoms with Crippen LogP contribution in [0.1, 0.15) is 76.7 Å². The fourth-order valence-corrected chi connectivity index (χ4v) is 8.23. The molecule has 2 fully saturated rings. The molecule has 6 rings (SSSR count). The number of rotatable bonds is 6. The van der Waals surface area contributed by atoms with E-state index in [1.807, 2.05) is 12.1 Å². The lowest BCUT2D eigenvalue weighted by Crippen LogP contribution is -2.44. The smallest absolute Gasteiger partial charge is 0.248 e. The first-order chi connectivity index (χ1) is 17.9. The molecule has 0 spiro atoms. The Kier molecular flexibility index (Phi) is 6.44. The maximum Gasteiger partial charge on any atom is 0.248 e. The maximum absolute atomic E-state index is 11.7. The van der Waals surface area contributed by atoms with Crippen molar-refractivity contribution in [2.24, 2.45) is 28.9 Å². The van der Waals surface area contributed by atoms with E-state index in [2.05, 4.69) is 61.5 Å². The molecular weight excluding hydrogens is 454 g/mol. The summed E-state index contributed by atoms with van der Waals surface area (Å²) in [5.74, 6) is 1.67. The zero-order valence-corrected chi connectivity index (χ0v) is 21.9. The number of fused-ring (bicyclic) bond motifs is 5. The summed E-state index contributed by atoms with van der Waals surface area (Å²) in [5, 5.41) is 11.6. The van der Waals surface area contributed by atoms with Gasteiger partial charge in [-0.1, -0.05) is 67.6 Å². The zero-order chi connectivity index (χ0) is 25.6. The molecule has 3 N–H and O–H groups in total. The number of primary amides is 1. The van der Waals surface area contributed by atoms with E-state index in [1.165, 1.54) is 24.0 Å². The molecule has 0 radical (unpaired) electrons. The van der Waals surface area contributed by atoms with Gasteiger partial charge in [0.2, 0.25) is 5.91 Å². The van der Waals surface area contributed by atoms with Crippen LogP contribution >= 0.6 is 0 Å². The highest BCUT2D eigenvalue weighted by atomic mass is 16.3. The highest BCUT2D eigenvalue weighted by Gasteiger charge is 2.57. The lowest BCUT2D eigenvalue weighted by Gasteiger charge is -2.50. The average Bonchev–Trinajstić information content (AvgIpc) is 3.17. The lowest BCUT2D eigenvalue weighted by molar-refractivity contribution is -0.0325. The van der Waals surface area contributed by atoms with Crippen molar-refractivity contribution in [1.82, 2.24) is 0 Å². The molecule has 0 bridgehead atoms. The van der Waals surface area contributed by atoms with Crippen LogP contribution in [0.2, 0.25) is 0 Å². The first-order valence-corrected chi connectivity index (χ1v) is 14.1. The Labute approximate surface area is 221 Å². The van der Waals surface area contributed by atoms with Crippen molar-refractivity contribution in [1.29, 1.82) is 0 Å². The fourth-order valence-electron chi connectivity index (χ4n) is 8.23. The number of aliphatic hydroxyl groups excluding tert-OH is 1. The van der Waals surface area contributed by atoms with Gasteiger partial charge < -0.3 is 10.8 Å². The van der Waals surface area contributed by atoms with Gasteiger partial charge in [-0.25, -0.2) is 0 Å². The molecule has 0 aliphatic heterocycles. The summed E-state index contributed by atoms with van der Waals surface area (Å²) < 4.78 is 0. The predicted molar refractivity (Wildman–Crippen MR) is 148 cm³/mol. The minimum Gasteiger partial charge on any atom is -0.392 e. The Balaban J connectivity index is 1.18. The van der Waals surface area contributed by atoms with Gasteiger partial charge in [0, 0.05) is 5.56 Å². The van der Waals surface area contributed by atoms with E-state index < -0.39 is 0 Å². The number of hydrogen-bond acceptors (Lipinski definition) is 2. The van der Waals surface area contributed by atoms with Crippen molar-refractivity contribution >= 4 is 5.91 Å². The SMILES string of the molecule is C[C@]12CC[C@@H]3c4ccc(CCc5ccccc5)cc4CCC3[C@@H]1C[C@H](Cc1cccc(C(N)=O)c1)C2O. The van der Waals surface area contributed by atoms with Crippen LogP contribution in [0.15, 0.2) is 72.8 Å². The van der Waals surface area contributed by atoms with Crippen LogP contribution in [0.3, 0.4) is 0 Å². The predicted octanol–water partition coefficient (Wildman–Crippen LogP) is 6.26. The molecule has 1 amide bonds. The van der Waals surface area contributed by atoms with Crippen molar-refractivity contribution in [3.63, 3.8) is 0 Å². The molecule has 0 heterocycles. The van der Waals surface area contributed by atoms with Crippen LogP contribution in [-0.2, 0) is 25.7 Å². The maximum atomic E-state index is 11.7. The van der Waals surface area contributed by atoms with Gasteiger partial charge in [0.1, 0.15) is 0 Å². The summed E-state index contributed by atoms with van der Waals surface area (Å²) in [6, 6.07) is 25.7. The molecule has 3 aromatic carbocycles. The van der Waals surface area contributed by atoms with Crippen molar-refractivity contribution in [3.05, 3.63) is 106 Å². The molecule has 3 heteroatoms. The van der Waals surface area contributed by atoms with Gasteiger partial charge >= 0.3 is 0 Å². The average molecular weight is 494 g/mol. The third kappa shape index (κ3) is 4.52. The third-order valence-corrected chi connectivity index (χ3v) is 10.2. The summed E-state index contributed by atoms with van der Waals surface area (Å²) in [6.45, 7) is 2.35. The molecule has 192 valence electrons. The first kappa shape index (κ1) is 24.4. The van der Waals surface area contributed by atoms with Gasteiger partial charge in [-0.2, -0.15) is 0 Å². The van der Waals surface area contributed by atoms with E-state index >= 15 is 0 Å². The van der Waals surface area contributed by atoms with E-state index in [9.17, 15) is 9.90 Å². The van der Waals surface area contributed by atoms with E-state index in [0.717, 1.165) is 44.1 Å². The first-order valence-electron chi connectivity index (χ1n) is 14.1. The highest BCUT2D eigenvalue weighted by Crippen LogP contribution is 2.62. The number of nitrogens with two attached hydrogens (primary N) is 1. The monoisotopic (exact) mass is 493 g/mol. The van der Waals surface area contributed by atoms with Gasteiger partial charge in [0.05, 0.1) is 6.10 Å². The van der Waals surface area contributed by atoms with E-state index in [0.29, 0.717) is 23.3 Å². The van der Waals surface area contributed by atoms with E-state index in [1.54, 1.807) is 17.2 Å². The second-order valence-electron chi connectivity index (χ2n) is 12.2. The molecule has 0 aromatic heterocycles. The van der Waals surface area contributed by atoms with Crippen molar-refractivity contribution in [2.75, 3.05) is 0 Å². The van der Waals surface area contributed by atoms with Crippen LogP contribution in [0, 0.1) is 23.2 Å². The Morgan fingerprint density at radius 3 is 2.54 bits per heavy atom. The van der Waals surface area contributed by atoms with Crippen LogP contribution in [-0.4, -0.2) is 17.1 Å². The van der Waals surface area contributed by atoms with Crippen LogP contribution in [0.4, 0.5) is 0 Å². The van der Waals surface area contributed by atoms with Gasteiger partial charge in [0.15, 0.2) is 0 Å². The minimum atomic E-state index is -0.388. The van der Waals surface area contributed by atoms with Crippen LogP contribution in [0.5, 0.6) is 0 Å².